The summed E-state index contributed by atoms with van der Waals surface area (Å²) < 4.78 is 7.49. The smallest absolute Gasteiger partial charge is 0.324 e. The summed E-state index contributed by atoms with van der Waals surface area (Å²) >= 11 is 0. The summed E-state index contributed by atoms with van der Waals surface area (Å²) in [5.41, 5.74) is 7.43. The van der Waals surface area contributed by atoms with Crippen molar-refractivity contribution in [2.24, 2.45) is 0 Å². The first-order valence-corrected chi connectivity index (χ1v) is 13.0. The normalized spacial score (nSPS) is 15.1. The summed E-state index contributed by atoms with van der Waals surface area (Å²) in [6, 6.07) is 9.47. The second-order valence-corrected chi connectivity index (χ2v) is 10.3. The number of nitrogens with zero attached hydrogens (tertiary/aromatic N) is 7. The molecule has 0 saturated carbocycles. The highest BCUT2D eigenvalue weighted by molar-refractivity contribution is 6.06. The molecular weight excluding hydrogens is 510 g/mol. The van der Waals surface area contributed by atoms with E-state index >= 15 is 0 Å². The molecule has 12 heteroatoms. The largest absolute Gasteiger partial charge is 0.445 e. The van der Waals surface area contributed by atoms with Crippen LogP contribution >= 0.6 is 0 Å². The molecule has 0 radical (unpaired) electrons. The first-order valence-electron chi connectivity index (χ1n) is 13.0. The van der Waals surface area contributed by atoms with E-state index in [1.165, 1.54) is 0 Å². The number of aromatic nitrogens is 4. The van der Waals surface area contributed by atoms with Gasteiger partial charge < -0.3 is 24.9 Å². The molecule has 12 nitrogen and oxygen atoms in total. The monoisotopic (exact) mass is 537 g/mol. The fraction of sp³-hybridized carbons (Fsp3) is 0.250. The SMILES string of the molecule is CN(C)Cc1nc(Nc2ccc(-c3cnc4cnc5occc5n34)c3c2C(=O)NC3)ccc1N1CCN(C)C1=O. The van der Waals surface area contributed by atoms with Gasteiger partial charge in [0.25, 0.3) is 5.91 Å². The Kier molecular flexibility index (Phi) is 5.46. The molecule has 0 spiro atoms. The number of anilines is 3. The van der Waals surface area contributed by atoms with Crippen molar-refractivity contribution in [1.29, 1.82) is 0 Å². The van der Waals surface area contributed by atoms with Gasteiger partial charge in [-0.25, -0.2) is 19.7 Å². The molecule has 1 aromatic carbocycles. The lowest BCUT2D eigenvalue weighted by molar-refractivity contribution is 0.0966. The number of hydrogen-bond donors (Lipinski definition) is 2. The highest BCUT2D eigenvalue weighted by atomic mass is 16.3. The summed E-state index contributed by atoms with van der Waals surface area (Å²) in [4.78, 5) is 45.0. The number of rotatable bonds is 6. The molecule has 5 aromatic rings. The first-order chi connectivity index (χ1) is 19.4. The van der Waals surface area contributed by atoms with Gasteiger partial charge in [-0.15, -0.1) is 0 Å². The molecule has 0 atom stereocenters. The minimum atomic E-state index is -0.154. The molecule has 202 valence electrons. The predicted molar refractivity (Wildman–Crippen MR) is 150 cm³/mol. The van der Waals surface area contributed by atoms with E-state index in [1.807, 2.05) is 53.7 Å². The van der Waals surface area contributed by atoms with Gasteiger partial charge in [-0.05, 0) is 37.9 Å². The zero-order valence-electron chi connectivity index (χ0n) is 22.3. The zero-order chi connectivity index (χ0) is 27.5. The lowest BCUT2D eigenvalue weighted by Crippen LogP contribution is -2.30. The average molecular weight is 538 g/mol. The Balaban J connectivity index is 1.29. The van der Waals surface area contributed by atoms with Crippen LogP contribution in [-0.2, 0) is 13.1 Å². The maximum atomic E-state index is 13.1. The van der Waals surface area contributed by atoms with E-state index in [4.69, 9.17) is 9.40 Å². The Morgan fingerprint density at radius 3 is 2.75 bits per heavy atom. The number of hydrogen-bond acceptors (Lipinski definition) is 8. The number of imidazole rings is 1. The fourth-order valence-electron chi connectivity index (χ4n) is 5.50. The van der Waals surface area contributed by atoms with E-state index in [-0.39, 0.29) is 11.9 Å². The maximum Gasteiger partial charge on any atom is 0.324 e. The third-order valence-electron chi connectivity index (χ3n) is 7.38. The predicted octanol–water partition coefficient (Wildman–Crippen LogP) is 3.46. The molecular formula is C28H27N9O3. The molecule has 40 heavy (non-hydrogen) atoms. The number of urea groups is 1. The molecule has 0 bridgehead atoms. The van der Waals surface area contributed by atoms with Gasteiger partial charge in [0.2, 0.25) is 5.71 Å². The summed E-state index contributed by atoms with van der Waals surface area (Å²) in [6.07, 6.45) is 5.06. The van der Waals surface area contributed by atoms with E-state index in [1.54, 1.807) is 35.5 Å². The molecule has 4 aromatic heterocycles. The van der Waals surface area contributed by atoms with Gasteiger partial charge in [0, 0.05) is 44.9 Å². The first kappa shape index (κ1) is 24.1. The van der Waals surface area contributed by atoms with Crippen molar-refractivity contribution in [3.63, 3.8) is 0 Å². The van der Waals surface area contributed by atoms with Crippen molar-refractivity contribution in [2.75, 3.05) is 44.4 Å². The third-order valence-corrected chi connectivity index (χ3v) is 7.38. The third kappa shape index (κ3) is 3.75. The van der Waals surface area contributed by atoms with Crippen LogP contribution in [0.5, 0.6) is 0 Å². The molecule has 7 rings (SSSR count). The number of furan rings is 1. The molecule has 1 saturated heterocycles. The van der Waals surface area contributed by atoms with E-state index in [0.717, 1.165) is 33.7 Å². The number of carbonyl (C=O) groups excluding carboxylic acids is 2. The zero-order valence-corrected chi connectivity index (χ0v) is 22.3. The van der Waals surface area contributed by atoms with Crippen LogP contribution in [0.2, 0.25) is 0 Å². The van der Waals surface area contributed by atoms with E-state index in [9.17, 15) is 9.59 Å². The van der Waals surface area contributed by atoms with Crippen LogP contribution in [0.3, 0.4) is 0 Å². The van der Waals surface area contributed by atoms with Crippen LogP contribution in [0.25, 0.3) is 28.1 Å². The molecule has 2 aliphatic heterocycles. The quantitative estimate of drug-likeness (QED) is 0.338. The lowest BCUT2D eigenvalue weighted by atomic mass is 9.99. The number of likely N-dealkylation sites (N-methyl/N-ethyl adjacent to an activating group) is 1. The second kappa shape index (κ2) is 9.06. The Labute approximate surface area is 229 Å². The van der Waals surface area contributed by atoms with Crippen LogP contribution in [0.15, 0.2) is 53.4 Å². The molecule has 2 aliphatic rings. The molecule has 2 N–H and O–H groups in total. The number of carbonyl (C=O) groups is 2. The Morgan fingerprint density at radius 2 is 1.95 bits per heavy atom. The maximum absolute atomic E-state index is 13.1. The number of amides is 3. The van der Waals surface area contributed by atoms with Crippen LogP contribution in [0.4, 0.5) is 22.0 Å². The number of nitrogens with one attached hydrogen (secondary N) is 2. The summed E-state index contributed by atoms with van der Waals surface area (Å²) in [5, 5.41) is 6.34. The number of fused-ring (bicyclic) bond motifs is 4. The average Bonchev–Trinajstić information content (AvgIpc) is 3.72. The van der Waals surface area contributed by atoms with Gasteiger partial charge in [-0.1, -0.05) is 6.07 Å². The summed E-state index contributed by atoms with van der Waals surface area (Å²) in [6.45, 7) is 2.24. The molecule has 0 aliphatic carbocycles. The topological polar surface area (TPSA) is 124 Å². The van der Waals surface area contributed by atoms with Crippen molar-refractivity contribution in [3.8, 4) is 11.3 Å². The Hall–Kier alpha value is -4.97. The molecule has 1 fully saturated rings. The van der Waals surface area contributed by atoms with Crippen molar-refractivity contribution >= 4 is 46.0 Å². The molecule has 6 heterocycles. The van der Waals surface area contributed by atoms with Gasteiger partial charge in [0.15, 0.2) is 5.65 Å². The van der Waals surface area contributed by atoms with Gasteiger partial charge in [0.05, 0.1) is 47.0 Å². The van der Waals surface area contributed by atoms with Crippen LogP contribution < -0.4 is 15.5 Å². The Morgan fingerprint density at radius 1 is 1.07 bits per heavy atom. The van der Waals surface area contributed by atoms with Crippen molar-refractivity contribution < 1.29 is 14.0 Å². The second-order valence-electron chi connectivity index (χ2n) is 10.3. The Bertz CT molecular complexity index is 1820. The summed E-state index contributed by atoms with van der Waals surface area (Å²) in [7, 11) is 5.73. The minimum Gasteiger partial charge on any atom is -0.445 e. The van der Waals surface area contributed by atoms with Crippen LogP contribution in [0, 0.1) is 0 Å². The molecule has 3 amide bonds. The number of pyridine rings is 1. The lowest BCUT2D eigenvalue weighted by Gasteiger charge is -2.22. The van der Waals surface area contributed by atoms with Crippen LogP contribution in [0.1, 0.15) is 21.6 Å². The standard InChI is InChI=1S/C28H27N9O3/c1-34(2)15-19-20(36-10-9-35(3)28(36)39)6-7-23(33-19)32-18-5-4-16(17-12-30-26(38)25(17)18)22-13-29-24-14-31-27-21(37(22)24)8-11-40-27/h4-8,11,13-14H,9-10,12,15H2,1-3H3,(H,30,38)(H,32,33). The fourth-order valence-corrected chi connectivity index (χ4v) is 5.50. The summed E-state index contributed by atoms with van der Waals surface area (Å²) in [5.74, 6) is 0.440. The van der Waals surface area contributed by atoms with Gasteiger partial charge in [0.1, 0.15) is 11.3 Å². The van der Waals surface area contributed by atoms with Gasteiger partial charge in [-0.2, -0.15) is 0 Å². The highest BCUT2D eigenvalue weighted by Gasteiger charge is 2.30. The molecule has 0 unspecified atom stereocenters. The van der Waals surface area contributed by atoms with Crippen molar-refractivity contribution in [2.45, 2.75) is 13.1 Å². The minimum absolute atomic E-state index is 0.0385. The van der Waals surface area contributed by atoms with Crippen LogP contribution in [-0.4, -0.2) is 75.3 Å². The van der Waals surface area contributed by atoms with E-state index in [2.05, 4.69) is 20.6 Å². The van der Waals surface area contributed by atoms with Gasteiger partial charge >= 0.3 is 6.03 Å². The van der Waals surface area contributed by atoms with E-state index in [0.29, 0.717) is 54.6 Å². The van der Waals surface area contributed by atoms with Crippen molar-refractivity contribution in [3.05, 3.63) is 65.8 Å². The van der Waals surface area contributed by atoms with Gasteiger partial charge in [-0.3, -0.25) is 14.1 Å². The number of benzene rings is 1. The van der Waals surface area contributed by atoms with Crippen molar-refractivity contribution in [1.82, 2.24) is 34.5 Å². The highest BCUT2D eigenvalue weighted by Crippen LogP contribution is 2.36. The van der Waals surface area contributed by atoms with E-state index < -0.39 is 0 Å².